The Bertz CT molecular complexity index is 912. The maximum atomic E-state index is 13.2. The van der Waals surface area contributed by atoms with Crippen LogP contribution in [0.1, 0.15) is 24.0 Å². The molecule has 1 heterocycles. The number of benzene rings is 2. The summed E-state index contributed by atoms with van der Waals surface area (Å²) in [5.74, 6) is 0.453. The highest BCUT2D eigenvalue weighted by Crippen LogP contribution is 2.31. The fourth-order valence-corrected chi connectivity index (χ4v) is 3.74. The summed E-state index contributed by atoms with van der Waals surface area (Å²) in [6.45, 7) is 1.56. The van der Waals surface area contributed by atoms with Crippen LogP contribution in [-0.4, -0.2) is 54.5 Å². The van der Waals surface area contributed by atoms with E-state index in [0.717, 1.165) is 29.7 Å². The van der Waals surface area contributed by atoms with Crippen LogP contribution in [-0.2, 0) is 27.5 Å². The lowest BCUT2D eigenvalue weighted by atomic mass is 10.2. The molecule has 1 saturated carbocycles. The number of rotatable bonds is 7. The van der Waals surface area contributed by atoms with Gasteiger partial charge in [-0.1, -0.05) is 24.3 Å². The second kappa shape index (κ2) is 9.47. The Labute approximate surface area is 181 Å². The van der Waals surface area contributed by atoms with Gasteiger partial charge in [0.15, 0.2) is 0 Å². The van der Waals surface area contributed by atoms with Gasteiger partial charge in [0.1, 0.15) is 11.6 Å². The molecule has 4 rings (SSSR count). The summed E-state index contributed by atoms with van der Waals surface area (Å²) >= 11 is 0. The standard InChI is InChI=1S/C24H27FN2O4/c1-30-21-10-4-17(5-11-21)12-26-13-22(31-16-18-2-8-20(25)9-3-18)14-27(15-23(26)28)24(29)19-6-7-19/h2-5,8-11,19,22H,6-7,12-16H2,1H3. The van der Waals surface area contributed by atoms with Crippen molar-refractivity contribution in [1.29, 1.82) is 0 Å². The van der Waals surface area contributed by atoms with Crippen molar-refractivity contribution < 1.29 is 23.5 Å². The van der Waals surface area contributed by atoms with E-state index in [4.69, 9.17) is 9.47 Å². The van der Waals surface area contributed by atoms with Gasteiger partial charge in [0.2, 0.25) is 11.8 Å². The van der Waals surface area contributed by atoms with E-state index in [1.54, 1.807) is 29.0 Å². The van der Waals surface area contributed by atoms with Crippen molar-refractivity contribution in [3.8, 4) is 5.75 Å². The molecule has 2 fully saturated rings. The van der Waals surface area contributed by atoms with Crippen LogP contribution in [0.5, 0.6) is 5.75 Å². The lowest BCUT2D eigenvalue weighted by Gasteiger charge is -2.25. The van der Waals surface area contributed by atoms with Crippen LogP contribution >= 0.6 is 0 Å². The molecule has 164 valence electrons. The van der Waals surface area contributed by atoms with Gasteiger partial charge in [0, 0.05) is 25.6 Å². The van der Waals surface area contributed by atoms with Gasteiger partial charge in [-0.25, -0.2) is 4.39 Å². The Kier molecular flexibility index (Phi) is 6.51. The highest BCUT2D eigenvalue weighted by Gasteiger charge is 2.38. The first-order valence-electron chi connectivity index (χ1n) is 10.6. The van der Waals surface area contributed by atoms with E-state index in [1.807, 2.05) is 24.3 Å². The van der Waals surface area contributed by atoms with Crippen LogP contribution in [0.3, 0.4) is 0 Å². The van der Waals surface area contributed by atoms with Gasteiger partial charge in [-0.2, -0.15) is 0 Å². The summed E-state index contributed by atoms with van der Waals surface area (Å²) in [7, 11) is 1.61. The quantitative estimate of drug-likeness (QED) is 0.683. The van der Waals surface area contributed by atoms with Crippen molar-refractivity contribution in [3.05, 3.63) is 65.5 Å². The molecule has 0 spiro atoms. The molecular formula is C24H27FN2O4. The fourth-order valence-electron chi connectivity index (χ4n) is 3.74. The van der Waals surface area contributed by atoms with Gasteiger partial charge in [-0.15, -0.1) is 0 Å². The molecule has 1 atom stereocenters. The third-order valence-corrected chi connectivity index (χ3v) is 5.70. The second-order valence-corrected chi connectivity index (χ2v) is 8.17. The van der Waals surface area contributed by atoms with Crippen LogP contribution in [0.2, 0.25) is 0 Å². The maximum absolute atomic E-state index is 13.2. The van der Waals surface area contributed by atoms with Gasteiger partial charge >= 0.3 is 0 Å². The van der Waals surface area contributed by atoms with Crippen molar-refractivity contribution in [2.45, 2.75) is 32.1 Å². The number of methoxy groups -OCH3 is 1. The van der Waals surface area contributed by atoms with Crippen LogP contribution in [0.25, 0.3) is 0 Å². The number of carbonyl (C=O) groups is 2. The summed E-state index contributed by atoms with van der Waals surface area (Å²) < 4.78 is 24.5. The third-order valence-electron chi connectivity index (χ3n) is 5.70. The Hall–Kier alpha value is -2.93. The van der Waals surface area contributed by atoms with Crippen molar-refractivity contribution in [1.82, 2.24) is 9.80 Å². The molecule has 31 heavy (non-hydrogen) atoms. The van der Waals surface area contributed by atoms with Gasteiger partial charge in [0.05, 0.1) is 26.4 Å². The van der Waals surface area contributed by atoms with Gasteiger partial charge in [-0.05, 0) is 48.2 Å². The highest BCUT2D eigenvalue weighted by atomic mass is 19.1. The topological polar surface area (TPSA) is 59.1 Å². The Morgan fingerprint density at radius 2 is 1.71 bits per heavy atom. The summed E-state index contributed by atoms with van der Waals surface area (Å²) in [6.07, 6.45) is 1.46. The first-order chi connectivity index (χ1) is 15.0. The number of ether oxygens (including phenoxy) is 2. The molecule has 2 aromatic carbocycles. The van der Waals surface area contributed by atoms with Gasteiger partial charge in [-0.3, -0.25) is 9.59 Å². The average Bonchev–Trinajstić information content (AvgIpc) is 3.63. The van der Waals surface area contributed by atoms with Crippen molar-refractivity contribution in [3.63, 3.8) is 0 Å². The predicted molar refractivity (Wildman–Crippen MR) is 113 cm³/mol. The zero-order valence-corrected chi connectivity index (χ0v) is 17.6. The van der Waals surface area contributed by atoms with E-state index in [-0.39, 0.29) is 36.2 Å². The molecule has 1 unspecified atom stereocenters. The van der Waals surface area contributed by atoms with Gasteiger partial charge in [0.25, 0.3) is 0 Å². The lowest BCUT2D eigenvalue weighted by Crippen LogP contribution is -2.40. The Morgan fingerprint density at radius 1 is 1.03 bits per heavy atom. The monoisotopic (exact) mass is 426 g/mol. The van der Waals surface area contributed by atoms with E-state index in [1.165, 1.54) is 12.1 Å². The van der Waals surface area contributed by atoms with Crippen molar-refractivity contribution in [2.24, 2.45) is 5.92 Å². The molecule has 1 aliphatic carbocycles. The van der Waals surface area contributed by atoms with Crippen LogP contribution in [0.4, 0.5) is 4.39 Å². The van der Waals surface area contributed by atoms with Crippen LogP contribution in [0.15, 0.2) is 48.5 Å². The number of hydrogen-bond donors (Lipinski definition) is 0. The third kappa shape index (κ3) is 5.61. The van der Waals surface area contributed by atoms with Crippen molar-refractivity contribution >= 4 is 11.8 Å². The number of amides is 2. The number of halogens is 1. The normalized spacial score (nSPS) is 19.3. The summed E-state index contributed by atoms with van der Waals surface area (Å²) in [6, 6.07) is 13.7. The zero-order valence-electron chi connectivity index (χ0n) is 17.6. The van der Waals surface area contributed by atoms with E-state index in [0.29, 0.717) is 26.2 Å². The van der Waals surface area contributed by atoms with Crippen molar-refractivity contribution in [2.75, 3.05) is 26.7 Å². The molecule has 2 amide bonds. The Morgan fingerprint density at radius 3 is 2.35 bits per heavy atom. The summed E-state index contributed by atoms with van der Waals surface area (Å²) in [4.78, 5) is 29.1. The minimum Gasteiger partial charge on any atom is -0.497 e. The fraction of sp³-hybridized carbons (Fsp3) is 0.417. The molecule has 1 aliphatic heterocycles. The molecule has 0 bridgehead atoms. The largest absolute Gasteiger partial charge is 0.497 e. The molecule has 0 radical (unpaired) electrons. The second-order valence-electron chi connectivity index (χ2n) is 8.17. The molecule has 1 saturated heterocycles. The molecule has 0 N–H and O–H groups in total. The van der Waals surface area contributed by atoms with Gasteiger partial charge < -0.3 is 19.3 Å². The first kappa shape index (κ1) is 21.3. The minimum absolute atomic E-state index is 0.0371. The minimum atomic E-state index is -0.322. The van der Waals surface area contributed by atoms with E-state index >= 15 is 0 Å². The smallest absolute Gasteiger partial charge is 0.242 e. The summed E-state index contributed by atoms with van der Waals surface area (Å²) in [5.41, 5.74) is 1.83. The van der Waals surface area contributed by atoms with E-state index < -0.39 is 0 Å². The molecule has 6 nitrogen and oxygen atoms in total. The SMILES string of the molecule is COc1ccc(CN2CC(OCc3ccc(F)cc3)CN(C(=O)C3CC3)CC2=O)cc1. The predicted octanol–water partition coefficient (Wildman–Crippen LogP) is 3.00. The summed E-state index contributed by atoms with van der Waals surface area (Å²) in [5, 5.41) is 0. The number of nitrogens with zero attached hydrogens (tertiary/aromatic N) is 2. The molecule has 2 aromatic rings. The highest BCUT2D eigenvalue weighted by molar-refractivity contribution is 5.87. The lowest BCUT2D eigenvalue weighted by molar-refractivity contribution is -0.139. The molecule has 2 aliphatic rings. The molecule has 0 aromatic heterocycles. The van der Waals surface area contributed by atoms with Crippen LogP contribution < -0.4 is 4.74 Å². The maximum Gasteiger partial charge on any atom is 0.242 e. The Balaban J connectivity index is 1.47. The first-order valence-corrected chi connectivity index (χ1v) is 10.6. The molecular weight excluding hydrogens is 399 g/mol. The van der Waals surface area contributed by atoms with Crippen LogP contribution in [0, 0.1) is 11.7 Å². The number of carbonyl (C=O) groups excluding carboxylic acids is 2. The van der Waals surface area contributed by atoms with E-state index in [2.05, 4.69) is 0 Å². The van der Waals surface area contributed by atoms with E-state index in [9.17, 15) is 14.0 Å². The zero-order chi connectivity index (χ0) is 21.8. The average molecular weight is 426 g/mol. The molecule has 7 heteroatoms. The number of hydrogen-bond acceptors (Lipinski definition) is 4.